The van der Waals surface area contributed by atoms with E-state index in [-0.39, 0.29) is 68.1 Å². The smallest absolute Gasteiger partial charge is 0.319 e. The zero-order valence-electron chi connectivity index (χ0n) is 25.3. The summed E-state index contributed by atoms with van der Waals surface area (Å²) in [5, 5.41) is 3.73. The highest BCUT2D eigenvalue weighted by molar-refractivity contribution is 7.22. The normalized spacial score (nSPS) is 27.7. The molecule has 4 saturated heterocycles. The molecule has 5 aliphatic rings. The van der Waals surface area contributed by atoms with Crippen LogP contribution in [0, 0.1) is 17.6 Å². The third kappa shape index (κ3) is 4.43. The summed E-state index contributed by atoms with van der Waals surface area (Å²) in [6.07, 6.45) is 4.92. The van der Waals surface area contributed by atoms with Gasteiger partial charge in [0.05, 0.1) is 21.4 Å². The number of benzene rings is 1. The number of nitrogens with two attached hydrogens (primary N) is 1. The third-order valence-electron chi connectivity index (χ3n) is 10.8. The van der Waals surface area contributed by atoms with Gasteiger partial charge in [-0.2, -0.15) is 9.97 Å². The summed E-state index contributed by atoms with van der Waals surface area (Å²) in [5.41, 5.74) is 5.50. The molecule has 3 aromatic heterocycles. The molecule has 5 fully saturated rings. The number of pyridine rings is 1. The van der Waals surface area contributed by atoms with Crippen molar-refractivity contribution >= 4 is 43.4 Å². The van der Waals surface area contributed by atoms with Crippen LogP contribution >= 0.6 is 11.3 Å². The highest BCUT2D eigenvalue weighted by Gasteiger charge is 2.49. The lowest BCUT2D eigenvalue weighted by atomic mass is 9.95. The van der Waals surface area contributed by atoms with Crippen LogP contribution in [0.1, 0.15) is 44.9 Å². The van der Waals surface area contributed by atoms with Crippen molar-refractivity contribution in [2.24, 2.45) is 5.92 Å². The molecule has 4 aliphatic heterocycles. The minimum absolute atomic E-state index is 0.00945. The van der Waals surface area contributed by atoms with E-state index in [9.17, 15) is 13.6 Å². The van der Waals surface area contributed by atoms with Gasteiger partial charge in [-0.15, -0.1) is 0 Å². The van der Waals surface area contributed by atoms with Crippen LogP contribution in [-0.2, 0) is 6.54 Å². The van der Waals surface area contributed by atoms with Crippen molar-refractivity contribution in [1.29, 1.82) is 0 Å². The molecule has 2 unspecified atom stereocenters. The van der Waals surface area contributed by atoms with Crippen LogP contribution in [0.5, 0.6) is 6.01 Å². The highest BCUT2D eigenvalue weighted by Crippen LogP contribution is 2.43. The molecule has 242 valence electrons. The van der Waals surface area contributed by atoms with E-state index in [1.54, 1.807) is 0 Å². The fourth-order valence-electron chi connectivity index (χ4n) is 8.45. The van der Waals surface area contributed by atoms with Gasteiger partial charge in [-0.3, -0.25) is 9.69 Å². The van der Waals surface area contributed by atoms with E-state index >= 15 is 4.39 Å². The predicted molar refractivity (Wildman–Crippen MR) is 170 cm³/mol. The summed E-state index contributed by atoms with van der Waals surface area (Å²) in [7, 11) is 0. The van der Waals surface area contributed by atoms with Gasteiger partial charge in [0.25, 0.3) is 5.56 Å². The Kier molecular flexibility index (Phi) is 6.56. The number of alkyl halides is 1. The van der Waals surface area contributed by atoms with Gasteiger partial charge >= 0.3 is 6.01 Å². The summed E-state index contributed by atoms with van der Waals surface area (Å²) in [4.78, 5) is 32.8. The number of hydrogen-bond donors (Lipinski definition) is 2. The number of aromatic nitrogens is 4. The lowest BCUT2D eigenvalue weighted by Gasteiger charge is -2.37. The number of fused-ring (bicyclic) bond motifs is 5. The van der Waals surface area contributed by atoms with E-state index < -0.39 is 28.9 Å². The van der Waals surface area contributed by atoms with Crippen LogP contribution in [-0.4, -0.2) is 81.0 Å². The van der Waals surface area contributed by atoms with Crippen molar-refractivity contribution in [2.45, 2.75) is 75.3 Å². The van der Waals surface area contributed by atoms with Crippen molar-refractivity contribution in [2.75, 3.05) is 43.4 Å². The summed E-state index contributed by atoms with van der Waals surface area (Å²) in [6.45, 7) is 3.13. The Hall–Kier alpha value is -3.49. The molecule has 46 heavy (non-hydrogen) atoms. The van der Waals surface area contributed by atoms with E-state index in [2.05, 4.69) is 25.1 Å². The van der Waals surface area contributed by atoms with Crippen molar-refractivity contribution in [1.82, 2.24) is 29.7 Å². The molecule has 0 spiro atoms. The van der Waals surface area contributed by atoms with E-state index in [1.807, 2.05) is 0 Å². The minimum Gasteiger partial charge on any atom is -0.461 e. The topological polar surface area (TPSA) is 114 Å². The Labute approximate surface area is 266 Å². The quantitative estimate of drug-likeness (QED) is 0.303. The summed E-state index contributed by atoms with van der Waals surface area (Å²) in [5.74, 6) is -0.614. The second-order valence-electron chi connectivity index (χ2n) is 13.7. The summed E-state index contributed by atoms with van der Waals surface area (Å²) < 4.78 is 54.6. The van der Waals surface area contributed by atoms with Gasteiger partial charge < -0.3 is 25.3 Å². The molecule has 14 heteroatoms. The monoisotopic (exact) mass is 652 g/mol. The first kappa shape index (κ1) is 28.7. The van der Waals surface area contributed by atoms with Crippen molar-refractivity contribution < 1.29 is 17.9 Å². The average molecular weight is 653 g/mol. The number of anilines is 2. The molecule has 4 aromatic rings. The van der Waals surface area contributed by atoms with Crippen LogP contribution in [0.25, 0.3) is 32.4 Å². The van der Waals surface area contributed by atoms with Crippen LogP contribution < -0.4 is 26.2 Å². The molecular formula is C32H35F3N8O2S. The SMILES string of the molecule is Nc1nc2c(-c3c(F)c4nc(OC[C@@]56CCCN5C[C@H](F)C6)nc(N5C6CCC5CNC6)c4c(=O)n3CC3CC3)ccc(F)c2s1. The summed E-state index contributed by atoms with van der Waals surface area (Å²) >= 11 is 0.983. The third-order valence-corrected chi connectivity index (χ3v) is 11.7. The van der Waals surface area contributed by atoms with Crippen molar-refractivity contribution in [3.05, 3.63) is 34.1 Å². The number of halogens is 3. The second-order valence-corrected chi connectivity index (χ2v) is 14.7. The highest BCUT2D eigenvalue weighted by atomic mass is 32.1. The molecule has 3 N–H and O–H groups in total. The van der Waals surface area contributed by atoms with Crippen molar-refractivity contribution in [3.8, 4) is 17.3 Å². The number of nitrogens with zero attached hydrogens (tertiary/aromatic N) is 6. The van der Waals surface area contributed by atoms with Crippen LogP contribution in [0.2, 0.25) is 0 Å². The molecule has 10 nitrogen and oxygen atoms in total. The molecule has 1 saturated carbocycles. The van der Waals surface area contributed by atoms with Gasteiger partial charge in [0.15, 0.2) is 10.9 Å². The fourth-order valence-corrected chi connectivity index (χ4v) is 9.22. The first-order valence-corrected chi connectivity index (χ1v) is 17.1. The van der Waals surface area contributed by atoms with Gasteiger partial charge in [-0.05, 0) is 63.1 Å². The molecular weight excluding hydrogens is 617 g/mol. The van der Waals surface area contributed by atoms with E-state index in [0.717, 1.165) is 69.5 Å². The molecule has 1 aliphatic carbocycles. The minimum atomic E-state index is -0.925. The largest absolute Gasteiger partial charge is 0.461 e. The molecule has 2 bridgehead atoms. The predicted octanol–water partition coefficient (Wildman–Crippen LogP) is 4.23. The van der Waals surface area contributed by atoms with Crippen LogP contribution in [0.3, 0.4) is 0 Å². The molecule has 0 radical (unpaired) electrons. The lowest BCUT2D eigenvalue weighted by Crippen LogP contribution is -2.52. The Bertz CT molecular complexity index is 1930. The lowest BCUT2D eigenvalue weighted by molar-refractivity contribution is 0.107. The average Bonchev–Trinajstić information content (AvgIpc) is 3.39. The fraction of sp³-hybridized carbons (Fsp3) is 0.562. The zero-order valence-corrected chi connectivity index (χ0v) is 26.1. The number of hydrogen-bond acceptors (Lipinski definition) is 10. The Balaban J connectivity index is 1.26. The van der Waals surface area contributed by atoms with E-state index in [0.29, 0.717) is 25.3 Å². The van der Waals surface area contributed by atoms with Crippen LogP contribution in [0.15, 0.2) is 16.9 Å². The van der Waals surface area contributed by atoms with Gasteiger partial charge in [0.2, 0.25) is 0 Å². The maximum atomic E-state index is 17.3. The molecule has 7 heterocycles. The number of thiazole rings is 1. The first-order valence-electron chi connectivity index (χ1n) is 16.3. The molecule has 1 aromatic carbocycles. The standard InChI is InChI=1S/C32H35F3N8O2S/c33-17-10-32(8-1-9-41(32)14-17)15-45-31-39-25-22(28(40-31)43-18-4-5-19(43)12-37-11-18)29(44)42(13-16-2-3-16)26(23(25)35)20-6-7-21(34)27-24(20)38-30(36)46-27/h6-7,16-19,37H,1-5,8-15H2,(H2,36,38)/t17-,18?,19?,32+/m1/s1. The Morgan fingerprint density at radius 1 is 1.09 bits per heavy atom. The number of ether oxygens (including phenoxy) is 1. The molecule has 0 amide bonds. The first-order chi connectivity index (χ1) is 22.3. The number of nitrogen functional groups attached to an aromatic ring is 1. The summed E-state index contributed by atoms with van der Waals surface area (Å²) in [6, 6.07) is 2.86. The zero-order chi connectivity index (χ0) is 31.3. The van der Waals surface area contributed by atoms with Crippen molar-refractivity contribution in [3.63, 3.8) is 0 Å². The number of rotatable bonds is 7. The Morgan fingerprint density at radius 3 is 2.67 bits per heavy atom. The van der Waals surface area contributed by atoms with Gasteiger partial charge in [-0.25, -0.2) is 18.2 Å². The second kappa shape index (κ2) is 10.5. The van der Waals surface area contributed by atoms with E-state index in [1.165, 1.54) is 16.7 Å². The molecule has 9 rings (SSSR count). The van der Waals surface area contributed by atoms with Crippen LogP contribution in [0.4, 0.5) is 24.1 Å². The molecule has 4 atom stereocenters. The van der Waals surface area contributed by atoms with E-state index in [4.69, 9.17) is 15.5 Å². The number of nitrogens with one attached hydrogen (secondary N) is 1. The maximum Gasteiger partial charge on any atom is 0.319 e. The van der Waals surface area contributed by atoms with Gasteiger partial charge in [0, 0.05) is 50.2 Å². The maximum absolute atomic E-state index is 17.3. The number of piperazine rings is 1. The Morgan fingerprint density at radius 2 is 1.89 bits per heavy atom. The van der Waals surface area contributed by atoms with Gasteiger partial charge in [-0.1, -0.05) is 11.3 Å². The van der Waals surface area contributed by atoms with Gasteiger partial charge in [0.1, 0.15) is 35.3 Å².